The third kappa shape index (κ3) is 6.03. The van der Waals surface area contributed by atoms with Crippen LogP contribution in [0, 0.1) is 11.3 Å². The molecule has 0 spiro atoms. The zero-order valence-corrected chi connectivity index (χ0v) is 11.9. The molecule has 6 heteroatoms. The molecule has 6 nitrogen and oxygen atoms in total. The van der Waals surface area contributed by atoms with Crippen LogP contribution in [0.2, 0.25) is 0 Å². The Hall–Kier alpha value is -1.85. The highest BCUT2D eigenvalue weighted by molar-refractivity contribution is 5.70. The molecule has 1 rings (SSSR count). The summed E-state index contributed by atoms with van der Waals surface area (Å²) in [4.78, 5) is 18.9. The molecule has 0 amide bonds. The minimum atomic E-state index is -0.826. The van der Waals surface area contributed by atoms with Gasteiger partial charge in [0.25, 0.3) is 0 Å². The van der Waals surface area contributed by atoms with E-state index in [1.807, 2.05) is 0 Å². The average molecular weight is 266 g/mol. The van der Waals surface area contributed by atoms with E-state index in [1.165, 1.54) is 6.33 Å². The predicted molar refractivity (Wildman–Crippen MR) is 75.3 cm³/mol. The van der Waals surface area contributed by atoms with Gasteiger partial charge in [0.1, 0.15) is 18.0 Å². The number of hydrogen-bond donors (Lipinski definition) is 3. The van der Waals surface area contributed by atoms with Crippen LogP contribution in [-0.4, -0.2) is 34.1 Å². The van der Waals surface area contributed by atoms with Crippen molar-refractivity contribution in [2.24, 2.45) is 11.3 Å². The SMILES string of the molecule is CC(CNc1cc(NCC(C)(C)C)ncn1)C(=O)O. The van der Waals surface area contributed by atoms with E-state index in [0.717, 1.165) is 12.4 Å². The molecule has 0 fully saturated rings. The van der Waals surface area contributed by atoms with E-state index in [1.54, 1.807) is 13.0 Å². The van der Waals surface area contributed by atoms with Gasteiger partial charge in [0.05, 0.1) is 5.92 Å². The lowest BCUT2D eigenvalue weighted by Gasteiger charge is -2.19. The lowest BCUT2D eigenvalue weighted by Crippen LogP contribution is -2.21. The van der Waals surface area contributed by atoms with E-state index >= 15 is 0 Å². The molecule has 0 aliphatic heterocycles. The Labute approximate surface area is 113 Å². The van der Waals surface area contributed by atoms with Crippen molar-refractivity contribution in [1.29, 1.82) is 0 Å². The van der Waals surface area contributed by atoms with Gasteiger partial charge in [-0.15, -0.1) is 0 Å². The quantitative estimate of drug-likeness (QED) is 0.730. The number of nitrogens with one attached hydrogen (secondary N) is 2. The highest BCUT2D eigenvalue weighted by Crippen LogP contribution is 2.15. The lowest BCUT2D eigenvalue weighted by atomic mass is 9.97. The summed E-state index contributed by atoms with van der Waals surface area (Å²) in [7, 11) is 0. The third-order valence-electron chi connectivity index (χ3n) is 2.48. The number of carboxylic acid groups (broad SMARTS) is 1. The summed E-state index contributed by atoms with van der Waals surface area (Å²) in [5.74, 6) is 0.0727. The smallest absolute Gasteiger partial charge is 0.308 e. The number of carboxylic acids is 1. The molecule has 1 aromatic heterocycles. The first-order valence-electron chi connectivity index (χ1n) is 6.30. The summed E-state index contributed by atoms with van der Waals surface area (Å²) in [5.41, 5.74) is 0.163. The van der Waals surface area contributed by atoms with Crippen molar-refractivity contribution in [3.63, 3.8) is 0 Å². The number of nitrogens with zero attached hydrogens (tertiary/aromatic N) is 2. The van der Waals surface area contributed by atoms with Crippen LogP contribution in [0.4, 0.5) is 11.6 Å². The minimum Gasteiger partial charge on any atom is -0.481 e. The highest BCUT2D eigenvalue weighted by Gasteiger charge is 2.12. The first-order chi connectivity index (χ1) is 8.78. The Morgan fingerprint density at radius 2 is 1.89 bits per heavy atom. The Morgan fingerprint density at radius 1 is 1.32 bits per heavy atom. The second-order valence-electron chi connectivity index (χ2n) is 5.82. The fourth-order valence-corrected chi connectivity index (χ4v) is 1.25. The van der Waals surface area contributed by atoms with Gasteiger partial charge in [-0.2, -0.15) is 0 Å². The van der Waals surface area contributed by atoms with Crippen molar-refractivity contribution < 1.29 is 9.90 Å². The normalized spacial score (nSPS) is 12.8. The Bertz CT molecular complexity index is 429. The van der Waals surface area contributed by atoms with Crippen molar-refractivity contribution >= 4 is 17.6 Å². The molecule has 1 unspecified atom stereocenters. The fraction of sp³-hybridized carbons (Fsp3) is 0.615. The zero-order chi connectivity index (χ0) is 14.5. The van der Waals surface area contributed by atoms with Crippen molar-refractivity contribution in [2.75, 3.05) is 23.7 Å². The van der Waals surface area contributed by atoms with E-state index in [2.05, 4.69) is 41.4 Å². The molecule has 0 radical (unpaired) electrons. The first-order valence-corrected chi connectivity index (χ1v) is 6.30. The molecule has 0 saturated heterocycles. The van der Waals surface area contributed by atoms with Gasteiger partial charge in [0.15, 0.2) is 0 Å². The van der Waals surface area contributed by atoms with Gasteiger partial charge in [0.2, 0.25) is 0 Å². The Morgan fingerprint density at radius 3 is 2.42 bits per heavy atom. The second-order valence-corrected chi connectivity index (χ2v) is 5.82. The maximum absolute atomic E-state index is 10.7. The van der Waals surface area contributed by atoms with Crippen LogP contribution in [-0.2, 0) is 4.79 Å². The van der Waals surface area contributed by atoms with Gasteiger partial charge >= 0.3 is 5.97 Å². The van der Waals surface area contributed by atoms with Crippen LogP contribution in [0.25, 0.3) is 0 Å². The van der Waals surface area contributed by atoms with Gasteiger partial charge in [-0.25, -0.2) is 9.97 Å². The first kappa shape index (κ1) is 15.2. The lowest BCUT2D eigenvalue weighted by molar-refractivity contribution is -0.140. The molecule has 0 saturated carbocycles. The molecule has 0 aliphatic rings. The monoisotopic (exact) mass is 266 g/mol. The molecule has 1 heterocycles. The number of aromatic nitrogens is 2. The van der Waals surface area contributed by atoms with Crippen LogP contribution in [0.1, 0.15) is 27.7 Å². The van der Waals surface area contributed by atoms with Crippen LogP contribution in [0.15, 0.2) is 12.4 Å². The third-order valence-corrected chi connectivity index (χ3v) is 2.48. The van der Waals surface area contributed by atoms with Crippen LogP contribution >= 0.6 is 0 Å². The van der Waals surface area contributed by atoms with Gasteiger partial charge in [-0.3, -0.25) is 4.79 Å². The molecule has 0 bridgehead atoms. The maximum atomic E-state index is 10.7. The molecular formula is C13H22N4O2. The van der Waals surface area contributed by atoms with Crippen LogP contribution in [0.3, 0.4) is 0 Å². The zero-order valence-electron chi connectivity index (χ0n) is 11.9. The van der Waals surface area contributed by atoms with E-state index in [9.17, 15) is 4.79 Å². The van der Waals surface area contributed by atoms with Gasteiger partial charge in [-0.05, 0) is 5.41 Å². The molecule has 106 valence electrons. The average Bonchev–Trinajstić information content (AvgIpc) is 2.33. The summed E-state index contributed by atoms with van der Waals surface area (Å²) in [6.07, 6.45) is 1.46. The number of carbonyl (C=O) groups is 1. The standard InChI is InChI=1S/C13H22N4O2/c1-9(12(18)19)6-14-10-5-11(17-8-16-10)15-7-13(2,3)4/h5,8-9H,6-7H2,1-4H3,(H,18,19)(H2,14,15,16,17). The molecular weight excluding hydrogens is 244 g/mol. The molecule has 0 aromatic carbocycles. The number of anilines is 2. The van der Waals surface area contributed by atoms with Gasteiger partial charge in [0, 0.05) is 19.2 Å². The number of rotatable bonds is 6. The Kier molecular flexibility index (Phi) is 5.09. The van der Waals surface area contributed by atoms with E-state index in [4.69, 9.17) is 5.11 Å². The maximum Gasteiger partial charge on any atom is 0.308 e. The molecule has 1 aromatic rings. The summed E-state index contributed by atoms with van der Waals surface area (Å²) >= 11 is 0. The van der Waals surface area contributed by atoms with Crippen LogP contribution in [0.5, 0.6) is 0 Å². The largest absolute Gasteiger partial charge is 0.481 e. The fourth-order valence-electron chi connectivity index (χ4n) is 1.25. The second kappa shape index (κ2) is 6.36. The summed E-state index contributed by atoms with van der Waals surface area (Å²) in [6.45, 7) is 9.19. The molecule has 3 N–H and O–H groups in total. The number of aliphatic carboxylic acids is 1. The van der Waals surface area contributed by atoms with Crippen molar-refractivity contribution in [1.82, 2.24) is 9.97 Å². The number of hydrogen-bond acceptors (Lipinski definition) is 5. The van der Waals surface area contributed by atoms with E-state index < -0.39 is 11.9 Å². The molecule has 19 heavy (non-hydrogen) atoms. The molecule has 1 atom stereocenters. The van der Waals surface area contributed by atoms with Crippen molar-refractivity contribution in [3.05, 3.63) is 12.4 Å². The topological polar surface area (TPSA) is 87.1 Å². The van der Waals surface area contributed by atoms with E-state index in [-0.39, 0.29) is 5.41 Å². The van der Waals surface area contributed by atoms with Crippen molar-refractivity contribution in [2.45, 2.75) is 27.7 Å². The highest BCUT2D eigenvalue weighted by atomic mass is 16.4. The summed E-state index contributed by atoms with van der Waals surface area (Å²) in [6, 6.07) is 1.78. The molecule has 0 aliphatic carbocycles. The van der Waals surface area contributed by atoms with Gasteiger partial charge in [-0.1, -0.05) is 27.7 Å². The predicted octanol–water partition coefficient (Wildman–Crippen LogP) is 2.07. The Balaban J connectivity index is 2.55. The van der Waals surface area contributed by atoms with Gasteiger partial charge < -0.3 is 15.7 Å². The van der Waals surface area contributed by atoms with E-state index in [0.29, 0.717) is 12.4 Å². The van der Waals surface area contributed by atoms with Crippen LogP contribution < -0.4 is 10.6 Å². The van der Waals surface area contributed by atoms with Crippen molar-refractivity contribution in [3.8, 4) is 0 Å². The summed E-state index contributed by atoms with van der Waals surface area (Å²) < 4.78 is 0. The summed E-state index contributed by atoms with van der Waals surface area (Å²) in [5, 5.41) is 15.0. The minimum absolute atomic E-state index is 0.163.